The maximum absolute atomic E-state index is 5.96. The summed E-state index contributed by atoms with van der Waals surface area (Å²) < 4.78 is 0. The Labute approximate surface area is 124 Å². The molecule has 0 aliphatic carbocycles. The number of halogens is 1. The highest BCUT2D eigenvalue weighted by molar-refractivity contribution is 6.30. The van der Waals surface area contributed by atoms with Crippen molar-refractivity contribution in [3.8, 4) is 11.3 Å². The number of piperazine rings is 1. The Morgan fingerprint density at radius 1 is 1.10 bits per heavy atom. The SMILES string of the molecule is Clc1ccc(-c2ncccc2CN2CCNCC2)cc1. The number of nitrogens with one attached hydrogen (secondary N) is 1. The lowest BCUT2D eigenvalue weighted by atomic mass is 10.1. The monoisotopic (exact) mass is 287 g/mol. The van der Waals surface area contributed by atoms with Crippen LogP contribution in [-0.2, 0) is 6.54 Å². The van der Waals surface area contributed by atoms with Crippen LogP contribution in [0.3, 0.4) is 0 Å². The van der Waals surface area contributed by atoms with Gasteiger partial charge in [0.25, 0.3) is 0 Å². The van der Waals surface area contributed by atoms with Gasteiger partial charge >= 0.3 is 0 Å². The molecule has 1 saturated heterocycles. The standard InChI is InChI=1S/C16H18ClN3/c17-15-5-3-13(4-6-15)16-14(2-1-7-19-16)12-20-10-8-18-9-11-20/h1-7,18H,8-12H2. The van der Waals surface area contributed by atoms with Crippen LogP contribution in [0.2, 0.25) is 5.02 Å². The summed E-state index contributed by atoms with van der Waals surface area (Å²) in [6.45, 7) is 5.27. The fraction of sp³-hybridized carbons (Fsp3) is 0.312. The normalized spacial score (nSPS) is 16.2. The first-order valence-corrected chi connectivity index (χ1v) is 7.33. The van der Waals surface area contributed by atoms with Gasteiger partial charge in [-0.15, -0.1) is 0 Å². The van der Waals surface area contributed by atoms with Gasteiger partial charge in [-0.3, -0.25) is 9.88 Å². The molecule has 1 aliphatic heterocycles. The van der Waals surface area contributed by atoms with E-state index in [2.05, 4.69) is 21.3 Å². The topological polar surface area (TPSA) is 28.2 Å². The fourth-order valence-electron chi connectivity index (χ4n) is 2.54. The third-order valence-corrected chi connectivity index (χ3v) is 3.86. The first-order valence-electron chi connectivity index (χ1n) is 6.96. The van der Waals surface area contributed by atoms with E-state index in [9.17, 15) is 0 Å². The maximum atomic E-state index is 5.96. The van der Waals surface area contributed by atoms with Crippen LogP contribution < -0.4 is 5.32 Å². The molecule has 4 heteroatoms. The Kier molecular flexibility index (Phi) is 4.31. The smallest absolute Gasteiger partial charge is 0.0746 e. The van der Waals surface area contributed by atoms with Crippen molar-refractivity contribution in [3.63, 3.8) is 0 Å². The number of pyridine rings is 1. The zero-order valence-corrected chi connectivity index (χ0v) is 12.1. The molecule has 0 bridgehead atoms. The molecule has 0 radical (unpaired) electrons. The van der Waals surface area contributed by atoms with Crippen molar-refractivity contribution in [2.75, 3.05) is 26.2 Å². The fourth-order valence-corrected chi connectivity index (χ4v) is 2.67. The number of nitrogens with zero attached hydrogens (tertiary/aromatic N) is 2. The van der Waals surface area contributed by atoms with Crippen LogP contribution in [-0.4, -0.2) is 36.1 Å². The van der Waals surface area contributed by atoms with Crippen molar-refractivity contribution in [1.82, 2.24) is 15.2 Å². The van der Waals surface area contributed by atoms with E-state index >= 15 is 0 Å². The first kappa shape index (κ1) is 13.6. The molecule has 0 atom stereocenters. The molecule has 3 nitrogen and oxygen atoms in total. The van der Waals surface area contributed by atoms with E-state index in [1.807, 2.05) is 36.5 Å². The van der Waals surface area contributed by atoms with Crippen LogP contribution in [0.15, 0.2) is 42.6 Å². The number of benzene rings is 1. The third-order valence-electron chi connectivity index (χ3n) is 3.61. The average Bonchev–Trinajstić information content (AvgIpc) is 2.50. The Morgan fingerprint density at radius 2 is 1.85 bits per heavy atom. The zero-order chi connectivity index (χ0) is 13.8. The van der Waals surface area contributed by atoms with Gasteiger partial charge in [0.1, 0.15) is 0 Å². The van der Waals surface area contributed by atoms with Gasteiger partial charge in [0, 0.05) is 49.5 Å². The van der Waals surface area contributed by atoms with E-state index in [0.717, 1.165) is 49.0 Å². The summed E-state index contributed by atoms with van der Waals surface area (Å²) in [5.41, 5.74) is 3.46. The third kappa shape index (κ3) is 3.18. The first-order chi connectivity index (χ1) is 9.83. The molecule has 0 saturated carbocycles. The van der Waals surface area contributed by atoms with Crippen LogP contribution in [0.25, 0.3) is 11.3 Å². The molecule has 2 aromatic rings. The number of hydrogen-bond donors (Lipinski definition) is 1. The molecule has 1 N–H and O–H groups in total. The zero-order valence-electron chi connectivity index (χ0n) is 11.3. The lowest BCUT2D eigenvalue weighted by Crippen LogP contribution is -2.42. The van der Waals surface area contributed by atoms with Gasteiger partial charge in [-0.25, -0.2) is 0 Å². The van der Waals surface area contributed by atoms with Gasteiger partial charge < -0.3 is 5.32 Å². The van der Waals surface area contributed by atoms with Gasteiger partial charge in [-0.05, 0) is 23.8 Å². The van der Waals surface area contributed by atoms with Crippen LogP contribution in [0, 0.1) is 0 Å². The molecule has 2 heterocycles. The van der Waals surface area contributed by atoms with Crippen LogP contribution in [0.1, 0.15) is 5.56 Å². The highest BCUT2D eigenvalue weighted by Crippen LogP contribution is 2.24. The minimum Gasteiger partial charge on any atom is -0.314 e. The maximum Gasteiger partial charge on any atom is 0.0746 e. The molecule has 0 unspecified atom stereocenters. The summed E-state index contributed by atoms with van der Waals surface area (Å²) in [5, 5.41) is 4.14. The second kappa shape index (κ2) is 6.35. The highest BCUT2D eigenvalue weighted by Gasteiger charge is 2.13. The molecule has 0 amide bonds. The average molecular weight is 288 g/mol. The quantitative estimate of drug-likeness (QED) is 0.941. The lowest BCUT2D eigenvalue weighted by Gasteiger charge is -2.27. The van der Waals surface area contributed by atoms with Crippen molar-refractivity contribution in [1.29, 1.82) is 0 Å². The van der Waals surface area contributed by atoms with Gasteiger partial charge in [-0.1, -0.05) is 29.8 Å². The minimum absolute atomic E-state index is 0.758. The van der Waals surface area contributed by atoms with Crippen molar-refractivity contribution in [2.24, 2.45) is 0 Å². The second-order valence-corrected chi connectivity index (χ2v) is 5.48. The van der Waals surface area contributed by atoms with E-state index in [1.165, 1.54) is 5.56 Å². The molecular weight excluding hydrogens is 270 g/mol. The van der Waals surface area contributed by atoms with Gasteiger partial charge in [0.05, 0.1) is 5.69 Å². The molecule has 0 spiro atoms. The minimum atomic E-state index is 0.758. The van der Waals surface area contributed by atoms with Crippen molar-refractivity contribution in [2.45, 2.75) is 6.54 Å². The van der Waals surface area contributed by atoms with Crippen LogP contribution in [0.4, 0.5) is 0 Å². The molecule has 104 valence electrons. The molecule has 3 rings (SSSR count). The van der Waals surface area contributed by atoms with Crippen molar-refractivity contribution >= 4 is 11.6 Å². The van der Waals surface area contributed by atoms with E-state index < -0.39 is 0 Å². The predicted octanol–water partition coefficient (Wildman–Crippen LogP) is 2.81. The van der Waals surface area contributed by atoms with Crippen LogP contribution in [0.5, 0.6) is 0 Å². The summed E-state index contributed by atoms with van der Waals surface area (Å²) in [5.74, 6) is 0. The summed E-state index contributed by atoms with van der Waals surface area (Å²) in [6, 6.07) is 12.1. The molecule has 1 aliphatic rings. The number of aromatic nitrogens is 1. The lowest BCUT2D eigenvalue weighted by molar-refractivity contribution is 0.233. The Balaban J connectivity index is 1.85. The van der Waals surface area contributed by atoms with Gasteiger partial charge in [0.2, 0.25) is 0 Å². The van der Waals surface area contributed by atoms with E-state index in [4.69, 9.17) is 11.6 Å². The predicted molar refractivity (Wildman–Crippen MR) is 82.8 cm³/mol. The van der Waals surface area contributed by atoms with Crippen LogP contribution >= 0.6 is 11.6 Å². The molecule has 20 heavy (non-hydrogen) atoms. The number of rotatable bonds is 3. The highest BCUT2D eigenvalue weighted by atomic mass is 35.5. The number of hydrogen-bond acceptors (Lipinski definition) is 3. The van der Waals surface area contributed by atoms with Gasteiger partial charge in [-0.2, -0.15) is 0 Å². The Bertz CT molecular complexity index is 562. The summed E-state index contributed by atoms with van der Waals surface area (Å²) in [4.78, 5) is 7.02. The van der Waals surface area contributed by atoms with E-state index in [0.29, 0.717) is 0 Å². The molecule has 1 fully saturated rings. The molecular formula is C16H18ClN3. The largest absolute Gasteiger partial charge is 0.314 e. The van der Waals surface area contributed by atoms with E-state index in [1.54, 1.807) is 0 Å². The van der Waals surface area contributed by atoms with E-state index in [-0.39, 0.29) is 0 Å². The van der Waals surface area contributed by atoms with Crippen molar-refractivity contribution < 1.29 is 0 Å². The second-order valence-electron chi connectivity index (χ2n) is 5.04. The molecule has 1 aromatic heterocycles. The summed E-state index contributed by atoms with van der Waals surface area (Å²) >= 11 is 5.96. The van der Waals surface area contributed by atoms with Crippen molar-refractivity contribution in [3.05, 3.63) is 53.2 Å². The Morgan fingerprint density at radius 3 is 2.60 bits per heavy atom. The van der Waals surface area contributed by atoms with Gasteiger partial charge in [0.15, 0.2) is 0 Å². The molecule has 1 aromatic carbocycles. The summed E-state index contributed by atoms with van der Waals surface area (Å²) in [6.07, 6.45) is 1.85. The Hall–Kier alpha value is -1.42. The summed E-state index contributed by atoms with van der Waals surface area (Å²) in [7, 11) is 0.